The second kappa shape index (κ2) is 9.82. The lowest BCUT2D eigenvalue weighted by Gasteiger charge is -2.27. The van der Waals surface area contributed by atoms with Crippen molar-refractivity contribution >= 4 is 5.69 Å². The van der Waals surface area contributed by atoms with Gasteiger partial charge in [-0.3, -0.25) is 0 Å². The molecule has 0 bridgehead atoms. The minimum absolute atomic E-state index is 0.472. The maximum Gasteiger partial charge on any atom is 0.0412 e. The normalized spacial score (nSPS) is 12.4. The third-order valence-corrected chi connectivity index (χ3v) is 3.87. The van der Waals surface area contributed by atoms with E-state index in [2.05, 4.69) is 62.3 Å². The summed E-state index contributed by atoms with van der Waals surface area (Å²) in [5.74, 6) is 0. The molecule has 0 spiro atoms. The van der Waals surface area contributed by atoms with E-state index in [4.69, 9.17) is 0 Å². The zero-order valence-electron chi connectivity index (χ0n) is 13.8. The van der Waals surface area contributed by atoms with Crippen LogP contribution in [0.5, 0.6) is 0 Å². The Bertz CT molecular complexity index is 362. The summed E-state index contributed by atoms with van der Waals surface area (Å²) in [4.78, 5) is 2.42. The van der Waals surface area contributed by atoms with Crippen LogP contribution in [0.4, 0.5) is 5.69 Å². The molecule has 0 aliphatic heterocycles. The molecular formula is C18H32N2. The number of unbranched alkanes of at least 4 members (excludes halogenated alkanes) is 2. The third-order valence-electron chi connectivity index (χ3n) is 3.87. The molecule has 2 heteroatoms. The van der Waals surface area contributed by atoms with E-state index in [1.54, 1.807) is 0 Å². The fraction of sp³-hybridized carbons (Fsp3) is 0.667. The van der Waals surface area contributed by atoms with Gasteiger partial charge in [0.1, 0.15) is 0 Å². The molecule has 0 saturated carbocycles. The van der Waals surface area contributed by atoms with E-state index in [9.17, 15) is 0 Å². The topological polar surface area (TPSA) is 15.3 Å². The molecular weight excluding hydrogens is 244 g/mol. The van der Waals surface area contributed by atoms with Crippen LogP contribution >= 0.6 is 0 Å². The number of para-hydroxylation sites is 1. The van der Waals surface area contributed by atoms with Crippen LogP contribution in [0.3, 0.4) is 0 Å². The van der Waals surface area contributed by atoms with Crippen LogP contribution in [-0.2, 0) is 0 Å². The van der Waals surface area contributed by atoms with Crippen LogP contribution in [0.15, 0.2) is 24.3 Å². The SMILES string of the molecule is CCCCCN(C)c1ccccc1C(CC)NCCC. The van der Waals surface area contributed by atoms with Crippen molar-refractivity contribution in [3.05, 3.63) is 29.8 Å². The molecule has 1 atom stereocenters. The Hall–Kier alpha value is -1.02. The van der Waals surface area contributed by atoms with Crippen LogP contribution in [-0.4, -0.2) is 20.1 Å². The molecule has 1 N–H and O–H groups in total. The van der Waals surface area contributed by atoms with Crippen molar-refractivity contribution in [1.82, 2.24) is 5.32 Å². The summed E-state index contributed by atoms with van der Waals surface area (Å²) in [6.07, 6.45) is 6.20. The van der Waals surface area contributed by atoms with E-state index in [-0.39, 0.29) is 0 Å². The van der Waals surface area contributed by atoms with Gasteiger partial charge in [-0.05, 0) is 37.4 Å². The van der Waals surface area contributed by atoms with Gasteiger partial charge in [0.25, 0.3) is 0 Å². The van der Waals surface area contributed by atoms with Gasteiger partial charge in [0.2, 0.25) is 0 Å². The predicted molar refractivity (Wildman–Crippen MR) is 90.6 cm³/mol. The van der Waals surface area contributed by atoms with Crippen LogP contribution < -0.4 is 10.2 Å². The standard InChI is InChI=1S/C18H32N2/c1-5-8-11-15-20(4)18-13-10-9-12-16(18)17(7-3)19-14-6-2/h9-10,12-13,17,19H,5-8,11,14-15H2,1-4H3. The highest BCUT2D eigenvalue weighted by Crippen LogP contribution is 2.27. The number of nitrogens with zero attached hydrogens (tertiary/aromatic N) is 1. The third kappa shape index (κ3) is 5.16. The first kappa shape index (κ1) is 17.0. The highest BCUT2D eigenvalue weighted by Gasteiger charge is 2.14. The first-order valence-corrected chi connectivity index (χ1v) is 8.27. The van der Waals surface area contributed by atoms with E-state index in [1.165, 1.54) is 36.9 Å². The summed E-state index contributed by atoms with van der Waals surface area (Å²) in [7, 11) is 2.22. The molecule has 1 rings (SSSR count). The monoisotopic (exact) mass is 276 g/mol. The van der Waals surface area contributed by atoms with Gasteiger partial charge in [0.05, 0.1) is 0 Å². The largest absolute Gasteiger partial charge is 0.374 e. The van der Waals surface area contributed by atoms with Crippen molar-refractivity contribution in [3.8, 4) is 0 Å². The van der Waals surface area contributed by atoms with Crippen molar-refractivity contribution in [2.75, 3.05) is 25.0 Å². The molecule has 2 nitrogen and oxygen atoms in total. The van der Waals surface area contributed by atoms with Gasteiger partial charge in [-0.2, -0.15) is 0 Å². The molecule has 0 heterocycles. The lowest BCUT2D eigenvalue weighted by Crippen LogP contribution is -2.26. The summed E-state index contributed by atoms with van der Waals surface area (Å²) >= 11 is 0. The fourth-order valence-electron chi connectivity index (χ4n) is 2.64. The van der Waals surface area contributed by atoms with Crippen LogP contribution in [0, 0.1) is 0 Å². The predicted octanol–water partition coefficient (Wildman–Crippen LogP) is 4.76. The Morgan fingerprint density at radius 3 is 2.45 bits per heavy atom. The molecule has 1 aromatic carbocycles. The molecule has 0 aromatic heterocycles. The highest BCUT2D eigenvalue weighted by atomic mass is 15.1. The lowest BCUT2D eigenvalue weighted by atomic mass is 10.0. The van der Waals surface area contributed by atoms with Crippen molar-refractivity contribution in [2.24, 2.45) is 0 Å². The highest BCUT2D eigenvalue weighted by molar-refractivity contribution is 5.54. The Morgan fingerprint density at radius 2 is 1.80 bits per heavy atom. The number of hydrogen-bond donors (Lipinski definition) is 1. The summed E-state index contributed by atoms with van der Waals surface area (Å²) in [6, 6.07) is 9.33. The molecule has 0 aliphatic rings. The number of anilines is 1. The van der Waals surface area contributed by atoms with E-state index in [1.807, 2.05) is 0 Å². The number of rotatable bonds is 10. The average Bonchev–Trinajstić information content (AvgIpc) is 2.48. The van der Waals surface area contributed by atoms with Gasteiger partial charge in [-0.15, -0.1) is 0 Å². The zero-order valence-corrected chi connectivity index (χ0v) is 13.8. The van der Waals surface area contributed by atoms with Gasteiger partial charge >= 0.3 is 0 Å². The summed E-state index contributed by atoms with van der Waals surface area (Å²) in [5, 5.41) is 3.67. The van der Waals surface area contributed by atoms with E-state index in [0.717, 1.165) is 19.5 Å². The van der Waals surface area contributed by atoms with Crippen LogP contribution in [0.2, 0.25) is 0 Å². The van der Waals surface area contributed by atoms with Crippen LogP contribution in [0.25, 0.3) is 0 Å². The summed E-state index contributed by atoms with van der Waals surface area (Å²) in [6.45, 7) is 8.99. The Balaban J connectivity index is 2.79. The van der Waals surface area contributed by atoms with Crippen molar-refractivity contribution in [2.45, 2.75) is 58.9 Å². The minimum atomic E-state index is 0.472. The first-order valence-electron chi connectivity index (χ1n) is 8.27. The van der Waals surface area contributed by atoms with Crippen molar-refractivity contribution in [3.63, 3.8) is 0 Å². The van der Waals surface area contributed by atoms with E-state index in [0.29, 0.717) is 6.04 Å². The van der Waals surface area contributed by atoms with Gasteiger partial charge in [0, 0.05) is 25.3 Å². The average molecular weight is 276 g/mol. The van der Waals surface area contributed by atoms with E-state index < -0.39 is 0 Å². The number of hydrogen-bond acceptors (Lipinski definition) is 2. The Kier molecular flexibility index (Phi) is 8.36. The summed E-state index contributed by atoms with van der Waals surface area (Å²) in [5.41, 5.74) is 2.83. The number of benzene rings is 1. The molecule has 0 fully saturated rings. The zero-order chi connectivity index (χ0) is 14.8. The van der Waals surface area contributed by atoms with Gasteiger partial charge in [-0.25, -0.2) is 0 Å². The molecule has 0 saturated heterocycles. The molecule has 20 heavy (non-hydrogen) atoms. The number of nitrogens with one attached hydrogen (secondary N) is 1. The first-order chi connectivity index (χ1) is 9.74. The molecule has 0 aliphatic carbocycles. The maximum absolute atomic E-state index is 3.67. The minimum Gasteiger partial charge on any atom is -0.374 e. The molecule has 1 unspecified atom stereocenters. The smallest absolute Gasteiger partial charge is 0.0412 e. The lowest BCUT2D eigenvalue weighted by molar-refractivity contribution is 0.517. The van der Waals surface area contributed by atoms with Crippen molar-refractivity contribution in [1.29, 1.82) is 0 Å². The Labute approximate surface area is 125 Å². The second-order valence-electron chi connectivity index (χ2n) is 5.60. The van der Waals surface area contributed by atoms with Crippen LogP contribution in [0.1, 0.15) is 64.5 Å². The van der Waals surface area contributed by atoms with Gasteiger partial charge in [0.15, 0.2) is 0 Å². The van der Waals surface area contributed by atoms with Gasteiger partial charge in [-0.1, -0.05) is 51.8 Å². The van der Waals surface area contributed by atoms with Crippen molar-refractivity contribution < 1.29 is 0 Å². The molecule has 114 valence electrons. The quantitative estimate of drug-likeness (QED) is 0.620. The second-order valence-corrected chi connectivity index (χ2v) is 5.60. The molecule has 0 radical (unpaired) electrons. The molecule has 1 aromatic rings. The van der Waals surface area contributed by atoms with Gasteiger partial charge < -0.3 is 10.2 Å². The maximum atomic E-state index is 3.67. The molecule has 0 amide bonds. The fourth-order valence-corrected chi connectivity index (χ4v) is 2.64. The Morgan fingerprint density at radius 1 is 1.05 bits per heavy atom. The summed E-state index contributed by atoms with van der Waals surface area (Å²) < 4.78 is 0. The van der Waals surface area contributed by atoms with E-state index >= 15 is 0 Å².